The third kappa shape index (κ3) is 3.43. The number of aryl methyl sites for hydroxylation is 2. The molecule has 0 spiro atoms. The zero-order valence-corrected chi connectivity index (χ0v) is 13.6. The molecule has 1 N–H and O–H groups in total. The fourth-order valence-corrected chi connectivity index (χ4v) is 3.95. The van der Waals surface area contributed by atoms with Crippen LogP contribution in [0, 0.1) is 18.8 Å². The molecule has 1 aliphatic rings. The average Bonchev–Trinajstić information content (AvgIpc) is 2.78. The van der Waals surface area contributed by atoms with E-state index in [0.717, 1.165) is 23.5 Å². The highest BCUT2D eigenvalue weighted by Crippen LogP contribution is 2.27. The number of carbonyl (C=O) groups excluding carboxylic acids is 1. The van der Waals surface area contributed by atoms with Gasteiger partial charge in [0, 0.05) is 13.1 Å². The van der Waals surface area contributed by atoms with Crippen molar-refractivity contribution >= 4 is 23.2 Å². The Morgan fingerprint density at radius 2 is 2.19 bits per heavy atom. The van der Waals surface area contributed by atoms with Gasteiger partial charge < -0.3 is 10.0 Å². The highest BCUT2D eigenvalue weighted by Gasteiger charge is 2.34. The average molecular weight is 310 g/mol. The molecule has 1 saturated heterocycles. The Morgan fingerprint density at radius 3 is 2.76 bits per heavy atom. The summed E-state index contributed by atoms with van der Waals surface area (Å²) >= 11 is 1.48. The van der Waals surface area contributed by atoms with Crippen molar-refractivity contribution in [2.45, 2.75) is 40.0 Å². The molecule has 116 valence electrons. The maximum atomic E-state index is 12.6. The number of thiazole rings is 1. The molecule has 0 aromatic carbocycles. The van der Waals surface area contributed by atoms with Crippen LogP contribution >= 0.6 is 11.3 Å². The summed E-state index contributed by atoms with van der Waals surface area (Å²) in [5, 5.41) is 10.2. The number of carbonyl (C=O) groups is 2. The van der Waals surface area contributed by atoms with E-state index in [1.807, 2.05) is 13.8 Å². The summed E-state index contributed by atoms with van der Waals surface area (Å²) in [6.45, 7) is 6.89. The van der Waals surface area contributed by atoms with E-state index in [-0.39, 0.29) is 17.7 Å². The third-order valence-electron chi connectivity index (χ3n) is 4.01. The highest BCUT2D eigenvalue weighted by molar-refractivity contribution is 7.13. The number of nitrogens with zero attached hydrogens (tertiary/aromatic N) is 2. The van der Waals surface area contributed by atoms with E-state index in [9.17, 15) is 9.59 Å². The molecule has 21 heavy (non-hydrogen) atoms. The summed E-state index contributed by atoms with van der Waals surface area (Å²) < 4.78 is 0. The van der Waals surface area contributed by atoms with Crippen molar-refractivity contribution in [3.8, 4) is 0 Å². The van der Waals surface area contributed by atoms with E-state index in [1.165, 1.54) is 11.3 Å². The number of aromatic nitrogens is 1. The van der Waals surface area contributed by atoms with Crippen molar-refractivity contribution in [2.24, 2.45) is 11.8 Å². The van der Waals surface area contributed by atoms with Crippen molar-refractivity contribution in [1.29, 1.82) is 0 Å². The predicted molar refractivity (Wildman–Crippen MR) is 81.7 cm³/mol. The van der Waals surface area contributed by atoms with Crippen LogP contribution in [-0.4, -0.2) is 40.0 Å². The van der Waals surface area contributed by atoms with Crippen molar-refractivity contribution < 1.29 is 14.7 Å². The molecule has 5 nitrogen and oxygen atoms in total. The van der Waals surface area contributed by atoms with E-state index >= 15 is 0 Å². The maximum Gasteiger partial charge on any atom is 0.306 e. The quantitative estimate of drug-likeness (QED) is 0.928. The molecule has 2 heterocycles. The second kappa shape index (κ2) is 6.56. The molecule has 2 atom stereocenters. The number of aliphatic carboxylic acids is 1. The van der Waals surface area contributed by atoms with Crippen LogP contribution in [0.2, 0.25) is 0 Å². The van der Waals surface area contributed by atoms with Crippen molar-refractivity contribution in [2.75, 3.05) is 13.1 Å². The number of piperidine rings is 1. The first kappa shape index (κ1) is 15.9. The smallest absolute Gasteiger partial charge is 0.306 e. The van der Waals surface area contributed by atoms with Gasteiger partial charge in [-0.3, -0.25) is 9.59 Å². The Balaban J connectivity index is 2.09. The van der Waals surface area contributed by atoms with Crippen molar-refractivity contribution in [3.63, 3.8) is 0 Å². The van der Waals surface area contributed by atoms with Gasteiger partial charge in [0.25, 0.3) is 5.91 Å². The molecule has 0 bridgehead atoms. The van der Waals surface area contributed by atoms with Gasteiger partial charge in [-0.05, 0) is 32.1 Å². The van der Waals surface area contributed by atoms with Gasteiger partial charge in [0.1, 0.15) is 4.88 Å². The number of hydrogen-bond donors (Lipinski definition) is 1. The second-order valence-corrected chi connectivity index (χ2v) is 6.82. The van der Waals surface area contributed by atoms with Gasteiger partial charge in [0.05, 0.1) is 16.6 Å². The Bertz CT molecular complexity index is 541. The standard InChI is InChI=1S/C15H22N2O3S/c1-4-5-12-16-10(3)13(21-12)14(18)17-7-6-11(15(19)20)9(2)8-17/h9,11H,4-8H2,1-3H3,(H,19,20). The molecule has 0 saturated carbocycles. The van der Waals surface area contributed by atoms with Crippen LogP contribution in [-0.2, 0) is 11.2 Å². The first-order valence-electron chi connectivity index (χ1n) is 7.42. The first-order chi connectivity index (χ1) is 9.93. The van der Waals surface area contributed by atoms with Crippen molar-refractivity contribution in [3.05, 3.63) is 15.6 Å². The number of hydrogen-bond acceptors (Lipinski definition) is 4. The molecule has 6 heteroatoms. The van der Waals surface area contributed by atoms with Gasteiger partial charge in [-0.1, -0.05) is 13.8 Å². The molecule has 2 rings (SSSR count). The van der Waals surface area contributed by atoms with E-state index in [0.29, 0.717) is 24.4 Å². The van der Waals surface area contributed by atoms with Crippen LogP contribution in [0.1, 0.15) is 47.1 Å². The van der Waals surface area contributed by atoms with Crippen LogP contribution in [0.25, 0.3) is 0 Å². The number of rotatable bonds is 4. The summed E-state index contributed by atoms with van der Waals surface area (Å²) in [6, 6.07) is 0. The summed E-state index contributed by atoms with van der Waals surface area (Å²) in [5.74, 6) is -1.10. The summed E-state index contributed by atoms with van der Waals surface area (Å²) in [4.78, 5) is 30.7. The first-order valence-corrected chi connectivity index (χ1v) is 8.24. The van der Waals surface area contributed by atoms with Crippen LogP contribution in [0.3, 0.4) is 0 Å². The van der Waals surface area contributed by atoms with Crippen LogP contribution in [0.15, 0.2) is 0 Å². The Labute approximate surface area is 129 Å². The fraction of sp³-hybridized carbons (Fsp3) is 0.667. The van der Waals surface area contributed by atoms with Crippen LogP contribution < -0.4 is 0 Å². The van der Waals surface area contributed by atoms with E-state index in [2.05, 4.69) is 11.9 Å². The minimum absolute atomic E-state index is 0.00282. The normalized spacial score (nSPS) is 22.3. The topological polar surface area (TPSA) is 70.5 Å². The van der Waals surface area contributed by atoms with Gasteiger partial charge in [0.2, 0.25) is 0 Å². The van der Waals surface area contributed by atoms with Gasteiger partial charge in [-0.15, -0.1) is 11.3 Å². The molecule has 1 aromatic heterocycles. The van der Waals surface area contributed by atoms with Gasteiger partial charge in [0.15, 0.2) is 0 Å². The lowest BCUT2D eigenvalue weighted by molar-refractivity contribution is -0.145. The number of carboxylic acid groups (broad SMARTS) is 1. The van der Waals surface area contributed by atoms with E-state index in [1.54, 1.807) is 4.90 Å². The molecule has 1 aliphatic heterocycles. The molecule has 0 aliphatic carbocycles. The van der Waals surface area contributed by atoms with Crippen LogP contribution in [0.4, 0.5) is 0 Å². The molecule has 0 radical (unpaired) electrons. The summed E-state index contributed by atoms with van der Waals surface area (Å²) in [7, 11) is 0. The Kier molecular flexibility index (Phi) is 4.98. The van der Waals surface area contributed by atoms with Crippen LogP contribution in [0.5, 0.6) is 0 Å². The molecule has 1 amide bonds. The second-order valence-electron chi connectivity index (χ2n) is 5.73. The summed E-state index contributed by atoms with van der Waals surface area (Å²) in [5.41, 5.74) is 0.793. The lowest BCUT2D eigenvalue weighted by Gasteiger charge is -2.34. The van der Waals surface area contributed by atoms with E-state index < -0.39 is 5.97 Å². The molecular formula is C15H22N2O3S. The largest absolute Gasteiger partial charge is 0.481 e. The lowest BCUT2D eigenvalue weighted by atomic mass is 9.87. The zero-order valence-electron chi connectivity index (χ0n) is 12.8. The maximum absolute atomic E-state index is 12.6. The Morgan fingerprint density at radius 1 is 1.48 bits per heavy atom. The van der Waals surface area contributed by atoms with E-state index in [4.69, 9.17) is 5.11 Å². The molecule has 1 fully saturated rings. The van der Waals surface area contributed by atoms with Crippen molar-refractivity contribution in [1.82, 2.24) is 9.88 Å². The zero-order chi connectivity index (χ0) is 15.6. The van der Waals surface area contributed by atoms with Gasteiger partial charge in [-0.2, -0.15) is 0 Å². The number of amides is 1. The number of carboxylic acids is 1. The number of likely N-dealkylation sites (tertiary alicyclic amines) is 1. The monoisotopic (exact) mass is 310 g/mol. The Hall–Kier alpha value is -1.43. The summed E-state index contributed by atoms with van der Waals surface area (Å²) in [6.07, 6.45) is 2.44. The molecular weight excluding hydrogens is 288 g/mol. The SMILES string of the molecule is CCCc1nc(C)c(C(=O)N2CCC(C(=O)O)C(C)C2)s1. The molecule has 2 unspecified atom stereocenters. The minimum Gasteiger partial charge on any atom is -0.481 e. The predicted octanol–water partition coefficient (Wildman–Crippen LogP) is 2.59. The molecule has 1 aromatic rings. The fourth-order valence-electron chi connectivity index (χ4n) is 2.81. The lowest BCUT2D eigenvalue weighted by Crippen LogP contribution is -2.44. The van der Waals surface area contributed by atoms with Gasteiger partial charge in [-0.25, -0.2) is 4.98 Å². The van der Waals surface area contributed by atoms with Gasteiger partial charge >= 0.3 is 5.97 Å². The highest BCUT2D eigenvalue weighted by atomic mass is 32.1. The minimum atomic E-state index is -0.756. The third-order valence-corrected chi connectivity index (χ3v) is 5.21.